The number of likely N-dealkylation sites (tertiary alicyclic amines) is 1. The van der Waals surface area contributed by atoms with E-state index in [1.165, 1.54) is 4.68 Å². The van der Waals surface area contributed by atoms with Gasteiger partial charge in [0.15, 0.2) is 5.69 Å². The van der Waals surface area contributed by atoms with Gasteiger partial charge in [0.2, 0.25) is 11.8 Å². The lowest BCUT2D eigenvalue weighted by atomic mass is 10.0. The molecule has 5 rings (SSSR count). The summed E-state index contributed by atoms with van der Waals surface area (Å²) >= 11 is 9.34. The van der Waals surface area contributed by atoms with E-state index < -0.39 is 11.9 Å². The summed E-state index contributed by atoms with van der Waals surface area (Å²) in [6.07, 6.45) is 3.46. The van der Waals surface area contributed by atoms with Crippen LogP contribution in [0.1, 0.15) is 36.2 Å². The standard InChI is InChI=1S/C23H22BrClN6O3/c24-13-7-8-16-14(10-13)21(22(26)33)29-30(16)11-20(32)31-15-4-1-3-12(15)9-17(31)23(34)28-19-6-2-5-18(25)27-19/h2,5-8,10,12,15,17H,1,3-4,9,11H2,(H2,26,33)(H,27,28,34)/t12-,15-,17-/m0/s1. The number of nitrogens with two attached hydrogens (primary N) is 1. The molecule has 3 atom stereocenters. The fourth-order valence-corrected chi connectivity index (χ4v) is 5.76. The molecular formula is C23H22BrClN6O3. The van der Waals surface area contributed by atoms with Crippen LogP contribution in [0.4, 0.5) is 5.82 Å². The maximum absolute atomic E-state index is 13.6. The average molecular weight is 546 g/mol. The Morgan fingerprint density at radius 1 is 1.21 bits per heavy atom. The largest absolute Gasteiger partial charge is 0.364 e. The van der Waals surface area contributed by atoms with Crippen LogP contribution in [-0.2, 0) is 16.1 Å². The molecule has 1 aliphatic heterocycles. The molecule has 2 aliphatic rings. The fourth-order valence-electron chi connectivity index (χ4n) is 5.23. The van der Waals surface area contributed by atoms with Crippen LogP contribution in [-0.4, -0.2) is 49.5 Å². The number of rotatable bonds is 5. The van der Waals surface area contributed by atoms with Crippen LogP contribution in [0.5, 0.6) is 0 Å². The summed E-state index contributed by atoms with van der Waals surface area (Å²) in [6, 6.07) is 9.72. The highest BCUT2D eigenvalue weighted by Gasteiger charge is 2.48. The Kier molecular flexibility index (Phi) is 6.03. The van der Waals surface area contributed by atoms with Gasteiger partial charge in [-0.15, -0.1) is 0 Å². The van der Waals surface area contributed by atoms with Gasteiger partial charge in [0.1, 0.15) is 23.6 Å². The van der Waals surface area contributed by atoms with Crippen molar-refractivity contribution in [1.82, 2.24) is 19.7 Å². The van der Waals surface area contributed by atoms with E-state index in [1.54, 1.807) is 35.2 Å². The van der Waals surface area contributed by atoms with Crippen LogP contribution in [0.25, 0.3) is 10.9 Å². The van der Waals surface area contributed by atoms with Crippen molar-refractivity contribution in [2.24, 2.45) is 11.7 Å². The quantitative estimate of drug-likeness (QED) is 0.476. The first-order valence-corrected chi connectivity index (χ1v) is 12.2. The average Bonchev–Trinajstić information content (AvgIpc) is 3.46. The third-order valence-electron chi connectivity index (χ3n) is 6.63. The van der Waals surface area contributed by atoms with Gasteiger partial charge < -0.3 is 16.0 Å². The fraction of sp³-hybridized carbons (Fsp3) is 0.348. The van der Waals surface area contributed by atoms with Crippen LogP contribution in [0, 0.1) is 5.92 Å². The highest BCUT2D eigenvalue weighted by molar-refractivity contribution is 9.10. The van der Waals surface area contributed by atoms with E-state index in [4.69, 9.17) is 17.3 Å². The predicted octanol–water partition coefficient (Wildman–Crippen LogP) is 3.35. The zero-order valence-electron chi connectivity index (χ0n) is 18.1. The minimum absolute atomic E-state index is 0.00199. The Bertz CT molecular complexity index is 1310. The lowest BCUT2D eigenvalue weighted by molar-refractivity contribution is -0.139. The molecule has 1 saturated carbocycles. The number of carbonyl (C=O) groups is 3. The van der Waals surface area contributed by atoms with E-state index >= 15 is 0 Å². The van der Waals surface area contributed by atoms with Gasteiger partial charge in [-0.2, -0.15) is 5.10 Å². The Morgan fingerprint density at radius 2 is 2.03 bits per heavy atom. The van der Waals surface area contributed by atoms with Crippen molar-refractivity contribution in [3.8, 4) is 0 Å². The lowest BCUT2D eigenvalue weighted by Crippen LogP contribution is -2.48. The zero-order valence-corrected chi connectivity index (χ0v) is 20.4. The summed E-state index contributed by atoms with van der Waals surface area (Å²) in [5, 5.41) is 7.96. The zero-order chi connectivity index (χ0) is 24.0. The van der Waals surface area contributed by atoms with E-state index in [-0.39, 0.29) is 41.2 Å². The van der Waals surface area contributed by atoms with Gasteiger partial charge >= 0.3 is 0 Å². The van der Waals surface area contributed by atoms with Crippen LogP contribution < -0.4 is 11.1 Å². The summed E-state index contributed by atoms with van der Waals surface area (Å²) in [7, 11) is 0. The number of nitrogens with one attached hydrogen (secondary N) is 1. The minimum Gasteiger partial charge on any atom is -0.364 e. The molecule has 11 heteroatoms. The van der Waals surface area contributed by atoms with Gasteiger partial charge in [0.05, 0.1) is 5.52 Å². The van der Waals surface area contributed by atoms with Crippen molar-refractivity contribution >= 4 is 62.0 Å². The Hall–Kier alpha value is -2.98. The molecule has 9 nitrogen and oxygen atoms in total. The number of amides is 3. The van der Waals surface area contributed by atoms with Gasteiger partial charge in [-0.1, -0.05) is 40.0 Å². The maximum Gasteiger partial charge on any atom is 0.269 e. The molecule has 3 N–H and O–H groups in total. The van der Waals surface area contributed by atoms with Gasteiger partial charge in [0, 0.05) is 15.9 Å². The molecule has 1 aromatic carbocycles. The van der Waals surface area contributed by atoms with E-state index in [0.717, 1.165) is 23.7 Å². The van der Waals surface area contributed by atoms with Crippen LogP contribution in [0.15, 0.2) is 40.9 Å². The van der Waals surface area contributed by atoms with Crippen LogP contribution in [0.3, 0.4) is 0 Å². The first-order chi connectivity index (χ1) is 16.3. The first kappa shape index (κ1) is 22.8. The van der Waals surface area contributed by atoms with E-state index in [2.05, 4.69) is 31.3 Å². The number of fused-ring (bicyclic) bond motifs is 2. The smallest absolute Gasteiger partial charge is 0.269 e. The molecular weight excluding hydrogens is 524 g/mol. The summed E-state index contributed by atoms with van der Waals surface area (Å²) in [6.45, 7) is -0.103. The van der Waals surface area contributed by atoms with Crippen molar-refractivity contribution in [1.29, 1.82) is 0 Å². The summed E-state index contributed by atoms with van der Waals surface area (Å²) < 4.78 is 2.26. The number of anilines is 1. The van der Waals surface area contributed by atoms with Crippen molar-refractivity contribution < 1.29 is 14.4 Å². The SMILES string of the molecule is NC(=O)c1nn(CC(=O)N2[C@H](C(=O)Nc3cccc(Cl)n3)C[C@@H]3CCC[C@@H]32)c2ccc(Br)cc12. The molecule has 3 heterocycles. The molecule has 0 spiro atoms. The number of pyridine rings is 1. The third-order valence-corrected chi connectivity index (χ3v) is 7.33. The summed E-state index contributed by atoms with van der Waals surface area (Å²) in [5.41, 5.74) is 6.24. The van der Waals surface area contributed by atoms with Crippen LogP contribution in [0.2, 0.25) is 5.15 Å². The molecule has 0 radical (unpaired) electrons. The van der Waals surface area contributed by atoms with Gasteiger partial charge in [-0.3, -0.25) is 19.1 Å². The molecule has 3 amide bonds. The second-order valence-electron chi connectivity index (χ2n) is 8.68. The topological polar surface area (TPSA) is 123 Å². The second-order valence-corrected chi connectivity index (χ2v) is 9.98. The number of hydrogen-bond acceptors (Lipinski definition) is 5. The molecule has 2 aromatic heterocycles. The minimum atomic E-state index is -0.669. The normalized spacial score (nSPS) is 21.6. The number of halogens is 2. The summed E-state index contributed by atoms with van der Waals surface area (Å²) in [4.78, 5) is 44.5. The Balaban J connectivity index is 1.43. The molecule has 176 valence electrons. The molecule has 1 aliphatic carbocycles. The second kappa shape index (κ2) is 8.99. The number of hydrogen-bond donors (Lipinski definition) is 2. The van der Waals surface area contributed by atoms with Crippen LogP contribution >= 0.6 is 27.5 Å². The molecule has 2 fully saturated rings. The molecule has 3 aromatic rings. The number of primary amides is 1. The lowest BCUT2D eigenvalue weighted by Gasteiger charge is -2.29. The number of carbonyl (C=O) groups excluding carboxylic acids is 3. The highest BCUT2D eigenvalue weighted by atomic mass is 79.9. The molecule has 1 saturated heterocycles. The van der Waals surface area contributed by atoms with Crippen molar-refractivity contribution in [3.63, 3.8) is 0 Å². The maximum atomic E-state index is 13.6. The number of aromatic nitrogens is 3. The number of nitrogens with zero attached hydrogens (tertiary/aromatic N) is 4. The third kappa shape index (κ3) is 4.16. The Labute approximate surface area is 208 Å². The molecule has 0 bridgehead atoms. The Morgan fingerprint density at radius 3 is 2.79 bits per heavy atom. The molecule has 0 unspecified atom stereocenters. The van der Waals surface area contributed by atoms with E-state index in [9.17, 15) is 14.4 Å². The predicted molar refractivity (Wildman–Crippen MR) is 130 cm³/mol. The first-order valence-electron chi connectivity index (χ1n) is 11.0. The summed E-state index contributed by atoms with van der Waals surface area (Å²) in [5.74, 6) is -0.561. The van der Waals surface area contributed by atoms with Gasteiger partial charge in [-0.05, 0) is 55.5 Å². The molecule has 34 heavy (non-hydrogen) atoms. The van der Waals surface area contributed by atoms with E-state index in [1.807, 2.05) is 6.07 Å². The van der Waals surface area contributed by atoms with Gasteiger partial charge in [-0.25, -0.2) is 4.98 Å². The van der Waals surface area contributed by atoms with Crippen molar-refractivity contribution in [3.05, 3.63) is 51.7 Å². The van der Waals surface area contributed by atoms with Crippen molar-refractivity contribution in [2.45, 2.75) is 44.3 Å². The van der Waals surface area contributed by atoms with E-state index in [0.29, 0.717) is 23.1 Å². The number of benzene rings is 1. The monoisotopic (exact) mass is 544 g/mol. The van der Waals surface area contributed by atoms with Crippen molar-refractivity contribution in [2.75, 3.05) is 5.32 Å². The highest BCUT2D eigenvalue weighted by Crippen LogP contribution is 2.41. The van der Waals surface area contributed by atoms with Gasteiger partial charge in [0.25, 0.3) is 5.91 Å².